The standard InChI is InChI=1S/C11H15FN2O4/c1-13-7(15)10(2-3-10)8(16)14-5-4-11(12,6-14)9(17)18/h2-6H2,1H3,(H,13,15)(H,17,18). The minimum absolute atomic E-state index is 0.0420. The summed E-state index contributed by atoms with van der Waals surface area (Å²) in [4.78, 5) is 35.7. The lowest BCUT2D eigenvalue weighted by Gasteiger charge is -2.22. The first kappa shape index (κ1) is 12.8. The zero-order valence-electron chi connectivity index (χ0n) is 10.0. The highest BCUT2D eigenvalue weighted by atomic mass is 19.1. The maximum atomic E-state index is 13.8. The third-order valence-electron chi connectivity index (χ3n) is 3.71. The smallest absolute Gasteiger partial charge is 0.343 e. The molecular weight excluding hydrogens is 243 g/mol. The van der Waals surface area contributed by atoms with Crippen LogP contribution < -0.4 is 5.32 Å². The van der Waals surface area contributed by atoms with Crippen molar-refractivity contribution in [2.24, 2.45) is 5.41 Å². The van der Waals surface area contributed by atoms with Gasteiger partial charge in [0, 0.05) is 20.0 Å². The minimum atomic E-state index is -2.38. The van der Waals surface area contributed by atoms with Crippen LogP contribution in [0, 0.1) is 5.41 Å². The molecule has 1 saturated carbocycles. The molecule has 0 aromatic carbocycles. The number of carboxylic acid groups (broad SMARTS) is 1. The van der Waals surface area contributed by atoms with Gasteiger partial charge in [-0.05, 0) is 12.8 Å². The molecule has 1 heterocycles. The van der Waals surface area contributed by atoms with Crippen molar-refractivity contribution in [1.29, 1.82) is 0 Å². The Kier molecular flexibility index (Phi) is 2.79. The molecule has 1 aliphatic carbocycles. The molecule has 7 heteroatoms. The molecule has 2 aliphatic rings. The van der Waals surface area contributed by atoms with Crippen LogP contribution in [-0.4, -0.2) is 53.6 Å². The molecule has 2 amide bonds. The monoisotopic (exact) mass is 258 g/mol. The van der Waals surface area contributed by atoms with E-state index in [1.54, 1.807) is 0 Å². The SMILES string of the molecule is CNC(=O)C1(C(=O)N2CCC(F)(C(=O)O)C2)CC1. The summed E-state index contributed by atoms with van der Waals surface area (Å²) >= 11 is 0. The second-order valence-electron chi connectivity index (χ2n) is 4.91. The van der Waals surface area contributed by atoms with Gasteiger partial charge in [0.05, 0.1) is 6.54 Å². The average molecular weight is 258 g/mol. The Morgan fingerprint density at radius 3 is 2.28 bits per heavy atom. The first-order valence-electron chi connectivity index (χ1n) is 5.80. The molecule has 100 valence electrons. The molecule has 2 rings (SSSR count). The molecule has 0 radical (unpaired) electrons. The minimum Gasteiger partial charge on any atom is -0.479 e. The fourth-order valence-electron chi connectivity index (χ4n) is 2.33. The number of nitrogens with zero attached hydrogens (tertiary/aromatic N) is 1. The van der Waals surface area contributed by atoms with Crippen LogP contribution >= 0.6 is 0 Å². The van der Waals surface area contributed by atoms with Gasteiger partial charge in [0.1, 0.15) is 5.41 Å². The van der Waals surface area contributed by atoms with E-state index in [0.29, 0.717) is 12.8 Å². The summed E-state index contributed by atoms with van der Waals surface area (Å²) < 4.78 is 13.8. The van der Waals surface area contributed by atoms with Gasteiger partial charge >= 0.3 is 5.97 Å². The molecule has 1 unspecified atom stereocenters. The van der Waals surface area contributed by atoms with Gasteiger partial charge in [0.2, 0.25) is 17.5 Å². The number of carboxylic acids is 1. The molecule has 1 atom stereocenters. The van der Waals surface area contributed by atoms with E-state index in [1.165, 1.54) is 7.05 Å². The quantitative estimate of drug-likeness (QED) is 0.670. The number of hydrogen-bond acceptors (Lipinski definition) is 3. The Bertz CT molecular complexity index is 421. The highest BCUT2D eigenvalue weighted by Gasteiger charge is 2.60. The number of halogens is 1. The van der Waals surface area contributed by atoms with Crippen LogP contribution in [0.4, 0.5) is 4.39 Å². The molecule has 2 N–H and O–H groups in total. The van der Waals surface area contributed by atoms with Gasteiger partial charge < -0.3 is 15.3 Å². The van der Waals surface area contributed by atoms with Gasteiger partial charge in [-0.25, -0.2) is 9.18 Å². The Morgan fingerprint density at radius 2 is 1.89 bits per heavy atom. The molecule has 0 spiro atoms. The zero-order valence-corrected chi connectivity index (χ0v) is 10.0. The van der Waals surface area contributed by atoms with Crippen molar-refractivity contribution in [3.8, 4) is 0 Å². The topological polar surface area (TPSA) is 86.7 Å². The van der Waals surface area contributed by atoms with Gasteiger partial charge in [0.25, 0.3) is 0 Å². The van der Waals surface area contributed by atoms with Crippen LogP contribution in [-0.2, 0) is 14.4 Å². The number of carbonyl (C=O) groups excluding carboxylic acids is 2. The summed E-state index contributed by atoms with van der Waals surface area (Å²) in [7, 11) is 1.44. The molecule has 0 bridgehead atoms. The second-order valence-corrected chi connectivity index (χ2v) is 4.91. The predicted octanol–water partition coefficient (Wildman–Crippen LogP) is -0.462. The van der Waals surface area contributed by atoms with Crippen molar-refractivity contribution >= 4 is 17.8 Å². The fourth-order valence-corrected chi connectivity index (χ4v) is 2.33. The van der Waals surface area contributed by atoms with E-state index in [0.717, 1.165) is 4.90 Å². The Hall–Kier alpha value is -1.66. The highest BCUT2D eigenvalue weighted by molar-refractivity contribution is 6.08. The number of hydrogen-bond donors (Lipinski definition) is 2. The van der Waals surface area contributed by atoms with Crippen molar-refractivity contribution in [2.45, 2.75) is 24.9 Å². The lowest BCUT2D eigenvalue weighted by atomic mass is 10.0. The molecule has 0 aromatic rings. The van der Waals surface area contributed by atoms with E-state index in [9.17, 15) is 18.8 Å². The number of likely N-dealkylation sites (tertiary alicyclic amines) is 1. The molecule has 0 aromatic heterocycles. The highest BCUT2D eigenvalue weighted by Crippen LogP contribution is 2.48. The fraction of sp³-hybridized carbons (Fsp3) is 0.727. The normalized spacial score (nSPS) is 28.9. The van der Waals surface area contributed by atoms with Crippen molar-refractivity contribution < 1.29 is 23.9 Å². The number of carbonyl (C=O) groups is 3. The zero-order chi connectivity index (χ0) is 13.6. The van der Waals surface area contributed by atoms with Crippen molar-refractivity contribution in [3.05, 3.63) is 0 Å². The number of rotatable bonds is 3. The van der Waals surface area contributed by atoms with Gasteiger partial charge in [-0.1, -0.05) is 0 Å². The van der Waals surface area contributed by atoms with Crippen LogP contribution in [0.25, 0.3) is 0 Å². The van der Waals surface area contributed by atoms with E-state index in [2.05, 4.69) is 5.32 Å². The molecule has 6 nitrogen and oxygen atoms in total. The van der Waals surface area contributed by atoms with Gasteiger partial charge in [-0.2, -0.15) is 0 Å². The second kappa shape index (κ2) is 3.93. The van der Waals surface area contributed by atoms with E-state index >= 15 is 0 Å². The maximum Gasteiger partial charge on any atom is 0.343 e. The molecule has 1 saturated heterocycles. The number of amides is 2. The van der Waals surface area contributed by atoms with Crippen LogP contribution in [0.5, 0.6) is 0 Å². The summed E-state index contributed by atoms with van der Waals surface area (Å²) in [6, 6.07) is 0. The summed E-state index contributed by atoms with van der Waals surface area (Å²) in [6.07, 6.45) is 0.653. The van der Waals surface area contributed by atoms with E-state index in [-0.39, 0.29) is 18.9 Å². The lowest BCUT2D eigenvalue weighted by molar-refractivity contribution is -0.150. The van der Waals surface area contributed by atoms with E-state index < -0.39 is 29.5 Å². The van der Waals surface area contributed by atoms with Gasteiger partial charge in [-0.15, -0.1) is 0 Å². The van der Waals surface area contributed by atoms with Gasteiger partial charge in [-0.3, -0.25) is 9.59 Å². The third kappa shape index (κ3) is 1.74. The third-order valence-corrected chi connectivity index (χ3v) is 3.71. The average Bonchev–Trinajstić information content (AvgIpc) is 3.05. The Labute approximate surface area is 103 Å². The number of aliphatic carboxylic acids is 1. The molecule has 1 aliphatic heterocycles. The Morgan fingerprint density at radius 1 is 1.28 bits per heavy atom. The van der Waals surface area contributed by atoms with Crippen LogP contribution in [0.1, 0.15) is 19.3 Å². The van der Waals surface area contributed by atoms with Crippen molar-refractivity contribution in [3.63, 3.8) is 0 Å². The number of alkyl halides is 1. The maximum absolute atomic E-state index is 13.8. The van der Waals surface area contributed by atoms with Crippen LogP contribution in [0.2, 0.25) is 0 Å². The lowest BCUT2D eigenvalue weighted by Crippen LogP contribution is -2.45. The van der Waals surface area contributed by atoms with Crippen molar-refractivity contribution in [1.82, 2.24) is 10.2 Å². The first-order chi connectivity index (χ1) is 8.35. The first-order valence-corrected chi connectivity index (χ1v) is 5.80. The summed E-state index contributed by atoms with van der Waals surface area (Å²) in [5, 5.41) is 11.2. The molecule has 2 fully saturated rings. The summed E-state index contributed by atoms with van der Waals surface area (Å²) in [6.45, 7) is -0.430. The Balaban J connectivity index is 2.09. The van der Waals surface area contributed by atoms with E-state index in [1.807, 2.05) is 0 Å². The summed E-state index contributed by atoms with van der Waals surface area (Å²) in [5.41, 5.74) is -3.47. The van der Waals surface area contributed by atoms with Crippen LogP contribution in [0.3, 0.4) is 0 Å². The predicted molar refractivity (Wildman–Crippen MR) is 58.4 cm³/mol. The van der Waals surface area contributed by atoms with Gasteiger partial charge in [0.15, 0.2) is 0 Å². The number of nitrogens with one attached hydrogen (secondary N) is 1. The van der Waals surface area contributed by atoms with Crippen LogP contribution in [0.15, 0.2) is 0 Å². The largest absolute Gasteiger partial charge is 0.479 e. The molecular formula is C11H15FN2O4. The summed E-state index contributed by atoms with van der Waals surface area (Å²) in [5.74, 6) is -2.38. The van der Waals surface area contributed by atoms with E-state index in [4.69, 9.17) is 5.11 Å². The van der Waals surface area contributed by atoms with Crippen molar-refractivity contribution in [2.75, 3.05) is 20.1 Å². The molecule has 18 heavy (non-hydrogen) atoms.